The summed E-state index contributed by atoms with van der Waals surface area (Å²) >= 11 is 0. The number of hydrogen-bond acceptors (Lipinski definition) is 3. The normalized spacial score (nSPS) is 23.5. The third-order valence-electron chi connectivity index (χ3n) is 3.45. The zero-order chi connectivity index (χ0) is 14.5. The van der Waals surface area contributed by atoms with E-state index in [1.165, 1.54) is 0 Å². The highest BCUT2D eigenvalue weighted by atomic mass is 16.5. The molecule has 0 saturated carbocycles. The van der Waals surface area contributed by atoms with Crippen molar-refractivity contribution in [3.05, 3.63) is 18.0 Å². The maximum absolute atomic E-state index is 5.84. The average molecular weight is 279 g/mol. The van der Waals surface area contributed by atoms with Crippen LogP contribution in [0.2, 0.25) is 0 Å². The molecule has 2 atom stereocenters. The first-order chi connectivity index (χ1) is 9.60. The molecule has 1 aromatic heterocycles. The molecule has 2 heterocycles. The van der Waals surface area contributed by atoms with E-state index in [1.54, 1.807) is 0 Å². The van der Waals surface area contributed by atoms with E-state index in [9.17, 15) is 0 Å². The molecule has 2 rings (SSSR count). The number of ether oxygens (including phenoxy) is 1. The largest absolute Gasteiger partial charge is 0.373 e. The summed E-state index contributed by atoms with van der Waals surface area (Å²) in [7, 11) is 0. The van der Waals surface area contributed by atoms with E-state index >= 15 is 0 Å². The quantitative estimate of drug-likeness (QED) is 0.629. The summed E-state index contributed by atoms with van der Waals surface area (Å²) in [5, 5.41) is 7.42. The van der Waals surface area contributed by atoms with Crippen LogP contribution in [0, 0.1) is 5.92 Å². The Balaban J connectivity index is 1.97. The highest BCUT2D eigenvalue weighted by molar-refractivity contribution is 5.78. The minimum Gasteiger partial charge on any atom is -0.373 e. The monoisotopic (exact) mass is 279 g/mol. The van der Waals surface area contributed by atoms with Crippen LogP contribution in [0.15, 0.2) is 17.4 Å². The lowest BCUT2D eigenvalue weighted by Crippen LogP contribution is -2.37. The van der Waals surface area contributed by atoms with Gasteiger partial charge in [-0.1, -0.05) is 0 Å². The van der Waals surface area contributed by atoms with Gasteiger partial charge in [0.2, 0.25) is 0 Å². The number of aliphatic imine (C=N–C) groups is 1. The van der Waals surface area contributed by atoms with Gasteiger partial charge in [-0.2, -0.15) is 5.10 Å². The fourth-order valence-electron chi connectivity index (χ4n) is 2.45. The molecule has 0 spiro atoms. The molecule has 0 amide bonds. The highest BCUT2D eigenvalue weighted by Gasteiger charge is 2.30. The zero-order valence-corrected chi connectivity index (χ0v) is 12.5. The van der Waals surface area contributed by atoms with E-state index in [1.807, 2.05) is 24.7 Å². The van der Waals surface area contributed by atoms with Gasteiger partial charge < -0.3 is 15.8 Å². The van der Waals surface area contributed by atoms with Crippen LogP contribution in [0.5, 0.6) is 0 Å². The maximum Gasteiger partial charge on any atom is 0.188 e. The van der Waals surface area contributed by atoms with Crippen molar-refractivity contribution in [1.82, 2.24) is 15.1 Å². The van der Waals surface area contributed by atoms with Gasteiger partial charge in [-0.05, 0) is 27.2 Å². The Morgan fingerprint density at radius 1 is 1.65 bits per heavy atom. The van der Waals surface area contributed by atoms with Crippen LogP contribution >= 0.6 is 0 Å². The summed E-state index contributed by atoms with van der Waals surface area (Å²) in [6, 6.07) is 0.303. The number of aryl methyl sites for hydroxylation is 1. The molecule has 1 aliphatic rings. The molecule has 0 bridgehead atoms. The average Bonchev–Trinajstić information content (AvgIpc) is 3.03. The Hall–Kier alpha value is -1.56. The Bertz CT molecular complexity index is 454. The van der Waals surface area contributed by atoms with Crippen molar-refractivity contribution < 1.29 is 4.74 Å². The van der Waals surface area contributed by atoms with Gasteiger partial charge in [0.15, 0.2) is 5.96 Å². The molecule has 20 heavy (non-hydrogen) atoms. The molecule has 6 nitrogen and oxygen atoms in total. The van der Waals surface area contributed by atoms with Crippen molar-refractivity contribution in [1.29, 1.82) is 0 Å². The van der Waals surface area contributed by atoms with Crippen LogP contribution in [-0.2, 0) is 11.3 Å². The molecule has 1 saturated heterocycles. The molecule has 3 N–H and O–H groups in total. The van der Waals surface area contributed by atoms with Crippen LogP contribution in [0.4, 0.5) is 0 Å². The standard InChI is InChI=1S/C14H25N5O/c1-4-19-9-12(8-17-19)13-11(5-6-20-13)7-16-14(15)18-10(2)3/h8-11,13H,4-7H2,1-3H3,(H3,15,16,18)/t11-,13+/m0/s1. The summed E-state index contributed by atoms with van der Waals surface area (Å²) in [5.41, 5.74) is 6.98. The SMILES string of the molecule is CCn1cc([C@@H]2OCC[C@H]2CN=C(N)NC(C)C)cn1. The number of nitrogens with zero attached hydrogens (tertiary/aromatic N) is 3. The van der Waals surface area contributed by atoms with E-state index < -0.39 is 0 Å². The number of nitrogens with two attached hydrogens (primary N) is 1. The fraction of sp³-hybridized carbons (Fsp3) is 0.714. The van der Waals surface area contributed by atoms with Crippen LogP contribution in [0.3, 0.4) is 0 Å². The van der Waals surface area contributed by atoms with Crippen LogP contribution in [0.1, 0.15) is 38.9 Å². The number of hydrogen-bond donors (Lipinski definition) is 2. The second kappa shape index (κ2) is 6.74. The summed E-state index contributed by atoms with van der Waals surface area (Å²) in [5.74, 6) is 0.881. The van der Waals surface area contributed by atoms with Crippen molar-refractivity contribution in [3.63, 3.8) is 0 Å². The van der Waals surface area contributed by atoms with Gasteiger partial charge in [0.25, 0.3) is 0 Å². The smallest absolute Gasteiger partial charge is 0.188 e. The Morgan fingerprint density at radius 2 is 2.45 bits per heavy atom. The molecule has 0 aliphatic carbocycles. The summed E-state index contributed by atoms with van der Waals surface area (Å²) < 4.78 is 7.76. The van der Waals surface area contributed by atoms with E-state index in [2.05, 4.69) is 28.5 Å². The van der Waals surface area contributed by atoms with Crippen molar-refractivity contribution in [2.75, 3.05) is 13.2 Å². The van der Waals surface area contributed by atoms with Gasteiger partial charge in [-0.15, -0.1) is 0 Å². The zero-order valence-electron chi connectivity index (χ0n) is 12.5. The van der Waals surface area contributed by atoms with Gasteiger partial charge in [-0.3, -0.25) is 9.67 Å². The van der Waals surface area contributed by atoms with E-state index in [0.717, 1.165) is 25.1 Å². The highest BCUT2D eigenvalue weighted by Crippen LogP contribution is 2.34. The molecular weight excluding hydrogens is 254 g/mol. The van der Waals surface area contributed by atoms with Gasteiger partial charge >= 0.3 is 0 Å². The summed E-state index contributed by atoms with van der Waals surface area (Å²) in [6.07, 6.45) is 5.06. The Kier molecular flexibility index (Phi) is 5.00. The second-order valence-electron chi connectivity index (χ2n) is 5.49. The van der Waals surface area contributed by atoms with E-state index in [-0.39, 0.29) is 6.10 Å². The Morgan fingerprint density at radius 3 is 3.10 bits per heavy atom. The molecular formula is C14H25N5O. The summed E-state index contributed by atoms with van der Waals surface area (Å²) in [4.78, 5) is 4.43. The van der Waals surface area contributed by atoms with Crippen LogP contribution in [-0.4, -0.2) is 34.9 Å². The molecule has 1 aromatic rings. The molecule has 1 fully saturated rings. The van der Waals surface area contributed by atoms with Gasteiger partial charge in [-0.25, -0.2) is 0 Å². The van der Waals surface area contributed by atoms with Gasteiger partial charge in [0.05, 0.1) is 12.3 Å². The van der Waals surface area contributed by atoms with Crippen molar-refractivity contribution in [2.24, 2.45) is 16.6 Å². The summed E-state index contributed by atoms with van der Waals surface area (Å²) in [6.45, 7) is 8.51. The van der Waals surface area contributed by atoms with Gasteiger partial charge in [0, 0.05) is 43.4 Å². The van der Waals surface area contributed by atoms with Crippen LogP contribution in [0.25, 0.3) is 0 Å². The second-order valence-corrected chi connectivity index (χ2v) is 5.49. The number of guanidine groups is 1. The Labute approximate surface area is 120 Å². The predicted molar refractivity (Wildman–Crippen MR) is 79.5 cm³/mol. The van der Waals surface area contributed by atoms with E-state index in [0.29, 0.717) is 24.5 Å². The lowest BCUT2D eigenvalue weighted by molar-refractivity contribution is 0.0925. The lowest BCUT2D eigenvalue weighted by Gasteiger charge is -2.16. The molecule has 0 aromatic carbocycles. The third kappa shape index (κ3) is 3.72. The minimum absolute atomic E-state index is 0.0888. The number of aromatic nitrogens is 2. The molecule has 1 aliphatic heterocycles. The van der Waals surface area contributed by atoms with Crippen molar-refractivity contribution in [3.8, 4) is 0 Å². The first-order valence-corrected chi connectivity index (χ1v) is 7.30. The van der Waals surface area contributed by atoms with Crippen LogP contribution < -0.4 is 11.1 Å². The number of nitrogens with one attached hydrogen (secondary N) is 1. The molecule has 112 valence electrons. The maximum atomic E-state index is 5.84. The topological polar surface area (TPSA) is 77.5 Å². The van der Waals surface area contributed by atoms with E-state index in [4.69, 9.17) is 10.5 Å². The lowest BCUT2D eigenvalue weighted by atomic mass is 9.98. The molecule has 0 unspecified atom stereocenters. The predicted octanol–water partition coefficient (Wildman–Crippen LogP) is 1.29. The first-order valence-electron chi connectivity index (χ1n) is 7.30. The van der Waals surface area contributed by atoms with Crippen molar-refractivity contribution >= 4 is 5.96 Å². The molecule has 0 radical (unpaired) electrons. The van der Waals surface area contributed by atoms with Crippen molar-refractivity contribution in [2.45, 2.75) is 45.9 Å². The van der Waals surface area contributed by atoms with Gasteiger partial charge in [0.1, 0.15) is 0 Å². The third-order valence-corrected chi connectivity index (χ3v) is 3.45. The molecule has 6 heteroatoms. The minimum atomic E-state index is 0.0888. The first kappa shape index (κ1) is 14.8. The fourth-order valence-corrected chi connectivity index (χ4v) is 2.45. The number of rotatable bonds is 5.